The number of hydrogen-bond acceptors (Lipinski definition) is 2. The summed E-state index contributed by atoms with van der Waals surface area (Å²) < 4.78 is 0. The molecule has 2 nitrogen and oxygen atoms in total. The van der Waals surface area contributed by atoms with Crippen LogP contribution < -0.4 is 11.5 Å². The van der Waals surface area contributed by atoms with E-state index in [4.69, 9.17) is 11.5 Å². The van der Waals surface area contributed by atoms with E-state index in [0.717, 1.165) is 0 Å². The summed E-state index contributed by atoms with van der Waals surface area (Å²) in [6.07, 6.45) is 4.17. The number of nitrogen functional groups attached to an aromatic ring is 2. The van der Waals surface area contributed by atoms with Gasteiger partial charge in [-0.2, -0.15) is 0 Å². The first-order valence-corrected chi connectivity index (χ1v) is 4.43. The zero-order chi connectivity index (χ0) is 9.84. The molecule has 0 aliphatic rings. The van der Waals surface area contributed by atoms with Gasteiger partial charge in [0.25, 0.3) is 0 Å². The Balaban J connectivity index is 2.96. The van der Waals surface area contributed by atoms with Crippen molar-refractivity contribution in [1.82, 2.24) is 0 Å². The van der Waals surface area contributed by atoms with Crippen LogP contribution in [0.15, 0.2) is 30.4 Å². The van der Waals surface area contributed by atoms with Crippen LogP contribution in [0.3, 0.4) is 0 Å². The molecule has 13 heavy (non-hydrogen) atoms. The fraction of sp³-hybridized carbons (Fsp3) is 0.273. The minimum atomic E-state index is 0.396. The molecule has 0 saturated heterocycles. The van der Waals surface area contributed by atoms with Gasteiger partial charge in [0.2, 0.25) is 0 Å². The van der Waals surface area contributed by atoms with Gasteiger partial charge < -0.3 is 11.5 Å². The molecule has 70 valence electrons. The van der Waals surface area contributed by atoms with Gasteiger partial charge in [-0.1, -0.05) is 25.1 Å². The fourth-order valence-corrected chi connectivity index (χ4v) is 1.28. The van der Waals surface area contributed by atoms with E-state index >= 15 is 0 Å². The van der Waals surface area contributed by atoms with Crippen LogP contribution in [0.5, 0.6) is 0 Å². The molecule has 0 aliphatic heterocycles. The summed E-state index contributed by atoms with van der Waals surface area (Å²) in [4.78, 5) is 0. The molecule has 1 aromatic rings. The summed E-state index contributed by atoms with van der Waals surface area (Å²) in [5.74, 6) is 0.396. The molecular formula is C11H16N2. The first-order chi connectivity index (χ1) is 6.15. The highest BCUT2D eigenvalue weighted by atomic mass is 14.7. The molecule has 0 bridgehead atoms. The maximum Gasteiger partial charge on any atom is 0.0550 e. The van der Waals surface area contributed by atoms with Gasteiger partial charge in [-0.25, -0.2) is 0 Å². The van der Waals surface area contributed by atoms with E-state index in [1.54, 1.807) is 0 Å². The van der Waals surface area contributed by atoms with Crippen molar-refractivity contribution in [3.8, 4) is 0 Å². The lowest BCUT2D eigenvalue weighted by Gasteiger charge is -2.08. The minimum absolute atomic E-state index is 0.396. The second-order valence-electron chi connectivity index (χ2n) is 3.20. The molecule has 0 saturated carbocycles. The van der Waals surface area contributed by atoms with Crippen LogP contribution in [0.25, 0.3) is 0 Å². The highest BCUT2D eigenvalue weighted by Gasteiger charge is 2.02. The Morgan fingerprint density at radius 1 is 1.23 bits per heavy atom. The van der Waals surface area contributed by atoms with Crippen LogP contribution in [0.2, 0.25) is 0 Å². The number of benzene rings is 1. The van der Waals surface area contributed by atoms with Crippen LogP contribution in [-0.2, 0) is 0 Å². The second-order valence-corrected chi connectivity index (χ2v) is 3.20. The van der Waals surface area contributed by atoms with E-state index in [1.807, 2.05) is 31.2 Å². The van der Waals surface area contributed by atoms with Crippen LogP contribution in [0.4, 0.5) is 11.4 Å². The van der Waals surface area contributed by atoms with Crippen molar-refractivity contribution in [2.24, 2.45) is 0 Å². The van der Waals surface area contributed by atoms with Crippen LogP contribution in [0, 0.1) is 0 Å². The van der Waals surface area contributed by atoms with Gasteiger partial charge in [0.1, 0.15) is 0 Å². The van der Waals surface area contributed by atoms with Crippen molar-refractivity contribution in [3.05, 3.63) is 35.9 Å². The van der Waals surface area contributed by atoms with Gasteiger partial charge in [-0.3, -0.25) is 0 Å². The van der Waals surface area contributed by atoms with E-state index in [9.17, 15) is 0 Å². The van der Waals surface area contributed by atoms with E-state index in [0.29, 0.717) is 17.3 Å². The quantitative estimate of drug-likeness (QED) is 0.537. The average Bonchev–Trinajstić information content (AvgIpc) is 2.10. The Morgan fingerprint density at radius 3 is 2.46 bits per heavy atom. The molecule has 1 rings (SSSR count). The van der Waals surface area contributed by atoms with Crippen molar-refractivity contribution >= 4 is 11.4 Å². The molecule has 0 amide bonds. The van der Waals surface area contributed by atoms with E-state index < -0.39 is 0 Å². The predicted octanol–water partition coefficient (Wildman–Crippen LogP) is 2.53. The molecule has 0 aromatic heterocycles. The third-order valence-electron chi connectivity index (χ3n) is 2.12. The molecule has 1 atom stereocenters. The van der Waals surface area contributed by atoms with Crippen molar-refractivity contribution in [1.29, 1.82) is 0 Å². The largest absolute Gasteiger partial charge is 0.397 e. The lowest BCUT2D eigenvalue weighted by atomic mass is 10.00. The molecular weight excluding hydrogens is 160 g/mol. The highest BCUT2D eigenvalue weighted by molar-refractivity contribution is 5.64. The molecule has 2 heteroatoms. The van der Waals surface area contributed by atoms with Gasteiger partial charge in [0.05, 0.1) is 11.4 Å². The van der Waals surface area contributed by atoms with Gasteiger partial charge in [0.15, 0.2) is 0 Å². The third-order valence-corrected chi connectivity index (χ3v) is 2.12. The summed E-state index contributed by atoms with van der Waals surface area (Å²) in [6.45, 7) is 4.14. The Hall–Kier alpha value is -1.44. The molecule has 0 radical (unpaired) electrons. The minimum Gasteiger partial charge on any atom is -0.397 e. The highest BCUT2D eigenvalue weighted by Crippen LogP contribution is 2.22. The Labute approximate surface area is 79.2 Å². The van der Waals surface area contributed by atoms with Crippen LogP contribution in [0.1, 0.15) is 25.3 Å². The average molecular weight is 176 g/mol. The summed E-state index contributed by atoms with van der Waals surface area (Å²) in [5.41, 5.74) is 13.8. The van der Waals surface area contributed by atoms with Crippen molar-refractivity contribution in [2.75, 3.05) is 11.5 Å². The van der Waals surface area contributed by atoms with Crippen molar-refractivity contribution < 1.29 is 0 Å². The Kier molecular flexibility index (Phi) is 2.96. The van der Waals surface area contributed by atoms with Crippen molar-refractivity contribution in [3.63, 3.8) is 0 Å². The smallest absolute Gasteiger partial charge is 0.0550 e. The van der Waals surface area contributed by atoms with Gasteiger partial charge in [-0.05, 0) is 30.5 Å². The number of anilines is 2. The second kappa shape index (κ2) is 3.99. The van der Waals surface area contributed by atoms with E-state index in [1.165, 1.54) is 5.56 Å². The molecule has 1 unspecified atom stereocenters. The Morgan fingerprint density at radius 2 is 1.92 bits per heavy atom. The number of allylic oxidation sites excluding steroid dienone is 2. The van der Waals surface area contributed by atoms with Gasteiger partial charge in [-0.15, -0.1) is 0 Å². The lowest BCUT2D eigenvalue weighted by molar-refractivity contribution is 0.966. The zero-order valence-electron chi connectivity index (χ0n) is 8.12. The Bertz CT molecular complexity index is 316. The standard InChI is InChI=1S/C11H16N2/c1-3-4-8(2)9-5-6-10(12)11(13)7-9/h3-8H,12-13H2,1-2H3/b4-3+. The SMILES string of the molecule is C/C=C/C(C)c1ccc(N)c(N)c1. The fourth-order valence-electron chi connectivity index (χ4n) is 1.28. The number of nitrogens with two attached hydrogens (primary N) is 2. The summed E-state index contributed by atoms with van der Waals surface area (Å²) in [5, 5.41) is 0. The first-order valence-electron chi connectivity index (χ1n) is 4.43. The van der Waals surface area contributed by atoms with Crippen LogP contribution in [-0.4, -0.2) is 0 Å². The lowest BCUT2D eigenvalue weighted by Crippen LogP contribution is -1.97. The summed E-state index contributed by atoms with van der Waals surface area (Å²) in [6, 6.07) is 5.79. The number of hydrogen-bond donors (Lipinski definition) is 2. The maximum atomic E-state index is 5.71. The van der Waals surface area contributed by atoms with Crippen LogP contribution >= 0.6 is 0 Å². The predicted molar refractivity (Wildman–Crippen MR) is 58.5 cm³/mol. The van der Waals surface area contributed by atoms with E-state index in [2.05, 4.69) is 13.0 Å². The summed E-state index contributed by atoms with van der Waals surface area (Å²) in [7, 11) is 0. The zero-order valence-corrected chi connectivity index (χ0v) is 8.12. The van der Waals surface area contributed by atoms with E-state index in [-0.39, 0.29) is 0 Å². The summed E-state index contributed by atoms with van der Waals surface area (Å²) >= 11 is 0. The van der Waals surface area contributed by atoms with Crippen molar-refractivity contribution in [2.45, 2.75) is 19.8 Å². The third kappa shape index (κ3) is 2.25. The number of rotatable bonds is 2. The maximum absolute atomic E-state index is 5.71. The molecule has 4 N–H and O–H groups in total. The topological polar surface area (TPSA) is 52.0 Å². The van der Waals surface area contributed by atoms with Gasteiger partial charge in [0, 0.05) is 0 Å². The monoisotopic (exact) mass is 176 g/mol. The van der Waals surface area contributed by atoms with Gasteiger partial charge >= 0.3 is 0 Å². The molecule has 0 spiro atoms. The molecule has 1 aromatic carbocycles. The molecule has 0 aliphatic carbocycles. The molecule has 0 heterocycles. The molecule has 0 fully saturated rings. The first kappa shape index (κ1) is 9.65. The normalized spacial score (nSPS) is 13.4.